The lowest BCUT2D eigenvalue weighted by Gasteiger charge is -2.13. The van der Waals surface area contributed by atoms with Crippen molar-refractivity contribution >= 4 is 11.6 Å². The van der Waals surface area contributed by atoms with Gasteiger partial charge in [-0.05, 0) is 36.6 Å². The van der Waals surface area contributed by atoms with Gasteiger partial charge >= 0.3 is 0 Å². The number of aryl methyl sites for hydroxylation is 3. The third-order valence-corrected chi connectivity index (χ3v) is 3.39. The van der Waals surface area contributed by atoms with Crippen molar-refractivity contribution in [1.29, 1.82) is 0 Å². The second-order valence-corrected chi connectivity index (χ2v) is 4.95. The predicted octanol–water partition coefficient (Wildman–Crippen LogP) is 3.05. The maximum absolute atomic E-state index is 10.2. The van der Waals surface area contributed by atoms with E-state index in [2.05, 4.69) is 4.98 Å². The Kier molecular flexibility index (Phi) is 4.04. The van der Waals surface area contributed by atoms with Gasteiger partial charge in [0.2, 0.25) is 0 Å². The molecule has 1 N–H and O–H groups in total. The summed E-state index contributed by atoms with van der Waals surface area (Å²) in [5, 5.41) is 10.9. The van der Waals surface area contributed by atoms with Gasteiger partial charge < -0.3 is 9.67 Å². The molecule has 0 amide bonds. The van der Waals surface area contributed by atoms with E-state index in [0.29, 0.717) is 11.4 Å². The number of benzene rings is 1. The first kappa shape index (κ1) is 13.1. The van der Waals surface area contributed by atoms with E-state index < -0.39 is 6.10 Å². The van der Waals surface area contributed by atoms with Crippen LogP contribution in [0.2, 0.25) is 5.02 Å². The van der Waals surface area contributed by atoms with Crippen LogP contribution in [0.5, 0.6) is 0 Å². The van der Waals surface area contributed by atoms with Crippen LogP contribution in [0.25, 0.3) is 0 Å². The topological polar surface area (TPSA) is 38.1 Å². The van der Waals surface area contributed by atoms with Gasteiger partial charge in [-0.1, -0.05) is 17.7 Å². The van der Waals surface area contributed by atoms with Crippen LogP contribution in [0, 0.1) is 6.92 Å². The van der Waals surface area contributed by atoms with E-state index in [-0.39, 0.29) is 0 Å². The normalized spacial score (nSPS) is 12.7. The molecule has 1 heterocycles. The van der Waals surface area contributed by atoms with Gasteiger partial charge in [0.25, 0.3) is 0 Å². The second kappa shape index (κ2) is 5.55. The first-order valence-corrected chi connectivity index (χ1v) is 6.36. The standard InChI is InChI=1S/C14H17ClN2O/c1-10-9-11(15)3-4-12(10)13(18)5-6-14-16-7-8-17(14)2/h3-4,7-9,13,18H,5-6H2,1-2H3. The minimum Gasteiger partial charge on any atom is -0.388 e. The monoisotopic (exact) mass is 264 g/mol. The lowest BCUT2D eigenvalue weighted by atomic mass is 10.00. The number of nitrogens with zero attached hydrogens (tertiary/aromatic N) is 2. The molecular weight excluding hydrogens is 248 g/mol. The minimum absolute atomic E-state index is 0.473. The smallest absolute Gasteiger partial charge is 0.108 e. The summed E-state index contributed by atoms with van der Waals surface area (Å²) in [4.78, 5) is 4.25. The lowest BCUT2D eigenvalue weighted by Crippen LogP contribution is -2.05. The van der Waals surface area contributed by atoms with E-state index in [9.17, 15) is 5.11 Å². The molecule has 1 atom stereocenters. The average molecular weight is 265 g/mol. The molecule has 0 aliphatic carbocycles. The number of imidazole rings is 1. The Bertz CT molecular complexity index is 536. The van der Waals surface area contributed by atoms with Gasteiger partial charge in [0.15, 0.2) is 0 Å². The molecule has 0 spiro atoms. The first-order valence-electron chi connectivity index (χ1n) is 5.98. The fourth-order valence-electron chi connectivity index (χ4n) is 2.07. The van der Waals surface area contributed by atoms with Gasteiger partial charge in [-0.2, -0.15) is 0 Å². The van der Waals surface area contributed by atoms with Gasteiger partial charge in [0.05, 0.1) is 6.10 Å². The zero-order valence-corrected chi connectivity index (χ0v) is 11.4. The highest BCUT2D eigenvalue weighted by Gasteiger charge is 2.12. The molecule has 2 aromatic rings. The first-order chi connectivity index (χ1) is 8.58. The molecule has 0 radical (unpaired) electrons. The van der Waals surface area contributed by atoms with E-state index in [1.54, 1.807) is 6.20 Å². The molecule has 18 heavy (non-hydrogen) atoms. The van der Waals surface area contributed by atoms with Gasteiger partial charge in [0.1, 0.15) is 5.82 Å². The molecule has 3 nitrogen and oxygen atoms in total. The Balaban J connectivity index is 2.03. The summed E-state index contributed by atoms with van der Waals surface area (Å²) in [7, 11) is 1.96. The number of halogens is 1. The van der Waals surface area contributed by atoms with Crippen molar-refractivity contribution in [2.75, 3.05) is 0 Å². The summed E-state index contributed by atoms with van der Waals surface area (Å²) in [5.74, 6) is 0.987. The summed E-state index contributed by atoms with van der Waals surface area (Å²) in [6, 6.07) is 5.58. The summed E-state index contributed by atoms with van der Waals surface area (Å²) in [6.45, 7) is 1.96. The van der Waals surface area contributed by atoms with Crippen LogP contribution in [0.15, 0.2) is 30.6 Å². The quantitative estimate of drug-likeness (QED) is 0.922. The predicted molar refractivity (Wildman–Crippen MR) is 72.7 cm³/mol. The number of rotatable bonds is 4. The van der Waals surface area contributed by atoms with Crippen LogP contribution in [0.1, 0.15) is 29.5 Å². The van der Waals surface area contributed by atoms with Crippen LogP contribution in [-0.4, -0.2) is 14.7 Å². The van der Waals surface area contributed by atoms with Crippen molar-refractivity contribution in [3.05, 3.63) is 52.6 Å². The Morgan fingerprint density at radius 3 is 2.83 bits per heavy atom. The van der Waals surface area contributed by atoms with E-state index in [1.807, 2.05) is 42.9 Å². The van der Waals surface area contributed by atoms with E-state index in [1.165, 1.54) is 0 Å². The molecule has 4 heteroatoms. The average Bonchev–Trinajstić information content (AvgIpc) is 2.72. The highest BCUT2D eigenvalue weighted by molar-refractivity contribution is 6.30. The molecule has 1 unspecified atom stereocenters. The third-order valence-electron chi connectivity index (χ3n) is 3.15. The number of aliphatic hydroxyl groups excluding tert-OH is 1. The molecule has 2 rings (SSSR count). The molecule has 0 aliphatic rings. The maximum atomic E-state index is 10.2. The van der Waals surface area contributed by atoms with Crippen LogP contribution in [-0.2, 0) is 13.5 Å². The van der Waals surface area contributed by atoms with Crippen molar-refractivity contribution in [3.63, 3.8) is 0 Å². The van der Waals surface area contributed by atoms with Gasteiger partial charge in [0, 0.05) is 30.9 Å². The Labute approximate surface area is 112 Å². The molecule has 0 bridgehead atoms. The fourth-order valence-corrected chi connectivity index (χ4v) is 2.30. The van der Waals surface area contributed by atoms with Crippen LogP contribution >= 0.6 is 11.6 Å². The SMILES string of the molecule is Cc1cc(Cl)ccc1C(O)CCc1nccn1C. The molecule has 0 aliphatic heterocycles. The highest BCUT2D eigenvalue weighted by Crippen LogP contribution is 2.24. The van der Waals surface area contributed by atoms with Crippen LogP contribution < -0.4 is 0 Å². The van der Waals surface area contributed by atoms with E-state index in [0.717, 1.165) is 23.4 Å². The number of aliphatic hydroxyl groups is 1. The van der Waals surface area contributed by atoms with Crippen LogP contribution in [0.3, 0.4) is 0 Å². The summed E-state index contributed by atoms with van der Waals surface area (Å²) < 4.78 is 1.97. The number of aromatic nitrogens is 2. The second-order valence-electron chi connectivity index (χ2n) is 4.51. The molecule has 0 saturated carbocycles. The molecule has 1 aromatic heterocycles. The Morgan fingerprint density at radius 1 is 1.44 bits per heavy atom. The summed E-state index contributed by atoms with van der Waals surface area (Å²) in [6.07, 6.45) is 4.63. The van der Waals surface area contributed by atoms with E-state index >= 15 is 0 Å². The third kappa shape index (κ3) is 2.92. The van der Waals surface area contributed by atoms with Crippen molar-refractivity contribution in [3.8, 4) is 0 Å². The molecule has 96 valence electrons. The van der Waals surface area contributed by atoms with Crippen LogP contribution in [0.4, 0.5) is 0 Å². The van der Waals surface area contributed by atoms with Crippen molar-refractivity contribution in [2.24, 2.45) is 7.05 Å². The molecule has 0 saturated heterocycles. The Hall–Kier alpha value is -1.32. The zero-order valence-electron chi connectivity index (χ0n) is 10.6. The maximum Gasteiger partial charge on any atom is 0.108 e. The molecule has 1 aromatic carbocycles. The highest BCUT2D eigenvalue weighted by atomic mass is 35.5. The van der Waals surface area contributed by atoms with Crippen molar-refractivity contribution < 1.29 is 5.11 Å². The van der Waals surface area contributed by atoms with Gasteiger partial charge in [-0.25, -0.2) is 4.98 Å². The largest absolute Gasteiger partial charge is 0.388 e. The summed E-state index contributed by atoms with van der Waals surface area (Å²) >= 11 is 5.91. The molecule has 0 fully saturated rings. The lowest BCUT2D eigenvalue weighted by molar-refractivity contribution is 0.166. The van der Waals surface area contributed by atoms with Crippen molar-refractivity contribution in [1.82, 2.24) is 9.55 Å². The Morgan fingerprint density at radius 2 is 2.22 bits per heavy atom. The van der Waals surface area contributed by atoms with Crippen molar-refractivity contribution in [2.45, 2.75) is 25.9 Å². The van der Waals surface area contributed by atoms with E-state index in [4.69, 9.17) is 11.6 Å². The zero-order chi connectivity index (χ0) is 13.1. The van der Waals surface area contributed by atoms with Gasteiger partial charge in [-0.15, -0.1) is 0 Å². The fraction of sp³-hybridized carbons (Fsp3) is 0.357. The summed E-state index contributed by atoms with van der Waals surface area (Å²) in [5.41, 5.74) is 1.96. The number of hydrogen-bond acceptors (Lipinski definition) is 2. The number of hydrogen-bond donors (Lipinski definition) is 1. The molecular formula is C14H17ClN2O. The minimum atomic E-state index is -0.473. The van der Waals surface area contributed by atoms with Gasteiger partial charge in [-0.3, -0.25) is 0 Å².